The number of carbonyl (C=O) groups excluding carboxylic acids is 1. The minimum absolute atomic E-state index is 0.0672. The van der Waals surface area contributed by atoms with Crippen LogP contribution in [0.25, 0.3) is 0 Å². The zero-order chi connectivity index (χ0) is 14.1. The van der Waals surface area contributed by atoms with Gasteiger partial charge in [0.05, 0.1) is 11.7 Å². The maximum Gasteiger partial charge on any atom is 0.277 e. The van der Waals surface area contributed by atoms with E-state index in [1.54, 1.807) is 24.1 Å². The Morgan fingerprint density at radius 2 is 2.35 bits per heavy atom. The van der Waals surface area contributed by atoms with Crippen LogP contribution in [0.3, 0.4) is 0 Å². The van der Waals surface area contributed by atoms with Gasteiger partial charge in [-0.3, -0.25) is 14.5 Å². The number of hydrogen-bond donors (Lipinski definition) is 1. The average Bonchev–Trinajstić information content (AvgIpc) is 3.05. The maximum atomic E-state index is 12.6. The molecule has 0 spiro atoms. The van der Waals surface area contributed by atoms with Crippen LogP contribution in [0.4, 0.5) is 5.69 Å². The van der Waals surface area contributed by atoms with Crippen LogP contribution in [0.5, 0.6) is 0 Å². The number of carbonyl (C=O) groups is 1. The Labute approximate surface area is 117 Å². The topological polar surface area (TPSA) is 77.0 Å². The van der Waals surface area contributed by atoms with Crippen LogP contribution in [0.2, 0.25) is 0 Å². The smallest absolute Gasteiger partial charge is 0.277 e. The van der Waals surface area contributed by atoms with E-state index in [-0.39, 0.29) is 11.9 Å². The summed E-state index contributed by atoms with van der Waals surface area (Å²) in [5, 5.41) is 4.17. The minimum Gasteiger partial charge on any atom is -0.396 e. The number of aryl methyl sites for hydroxylation is 1. The molecule has 3 heterocycles. The van der Waals surface area contributed by atoms with Crippen molar-refractivity contribution in [3.63, 3.8) is 0 Å². The summed E-state index contributed by atoms with van der Waals surface area (Å²) in [5.41, 5.74) is 7.68. The lowest BCUT2D eigenvalue weighted by molar-refractivity contribution is 0.0729. The Morgan fingerprint density at radius 1 is 1.50 bits per heavy atom. The number of amides is 1. The number of nitrogens with zero attached hydrogens (tertiary/aromatic N) is 4. The zero-order valence-corrected chi connectivity index (χ0v) is 11.4. The minimum atomic E-state index is -0.102. The van der Waals surface area contributed by atoms with Crippen molar-refractivity contribution in [1.82, 2.24) is 19.7 Å². The first-order chi connectivity index (χ1) is 9.66. The summed E-state index contributed by atoms with van der Waals surface area (Å²) in [4.78, 5) is 18.6. The van der Waals surface area contributed by atoms with Gasteiger partial charge < -0.3 is 10.6 Å². The number of anilines is 1. The molecule has 1 atom stereocenters. The molecule has 2 aromatic rings. The number of pyridine rings is 1. The number of aromatic nitrogens is 3. The normalized spacial score (nSPS) is 18.4. The van der Waals surface area contributed by atoms with Gasteiger partial charge in [0, 0.05) is 32.2 Å². The average molecular weight is 271 g/mol. The van der Waals surface area contributed by atoms with E-state index in [0.717, 1.165) is 24.9 Å². The first kappa shape index (κ1) is 12.7. The lowest BCUT2D eigenvalue weighted by atomic mass is 10.1. The Morgan fingerprint density at radius 3 is 3.00 bits per heavy atom. The van der Waals surface area contributed by atoms with Crippen molar-refractivity contribution in [2.45, 2.75) is 18.9 Å². The Bertz CT molecular complexity index is 622. The number of nitrogens with two attached hydrogens (primary N) is 1. The van der Waals surface area contributed by atoms with Gasteiger partial charge in [0.25, 0.3) is 5.91 Å². The molecule has 3 rings (SSSR count). The number of rotatable bonds is 2. The lowest BCUT2D eigenvalue weighted by Crippen LogP contribution is -2.31. The Balaban J connectivity index is 1.89. The molecule has 0 radical (unpaired) electrons. The van der Waals surface area contributed by atoms with Crippen molar-refractivity contribution in [3.8, 4) is 0 Å². The maximum absolute atomic E-state index is 12.6. The first-order valence-corrected chi connectivity index (χ1v) is 6.67. The van der Waals surface area contributed by atoms with E-state index in [1.165, 1.54) is 0 Å². The zero-order valence-electron chi connectivity index (χ0n) is 11.4. The number of hydrogen-bond acceptors (Lipinski definition) is 4. The third-order valence-electron chi connectivity index (χ3n) is 3.64. The fraction of sp³-hybridized carbons (Fsp3) is 0.357. The van der Waals surface area contributed by atoms with E-state index >= 15 is 0 Å². The summed E-state index contributed by atoms with van der Waals surface area (Å²) < 4.78 is 1.57. The molecule has 1 fully saturated rings. The van der Waals surface area contributed by atoms with Gasteiger partial charge >= 0.3 is 0 Å². The van der Waals surface area contributed by atoms with Crippen LogP contribution in [-0.2, 0) is 7.05 Å². The highest BCUT2D eigenvalue weighted by atomic mass is 16.2. The van der Waals surface area contributed by atoms with Gasteiger partial charge in [0.2, 0.25) is 0 Å². The molecular formula is C14H17N5O. The third kappa shape index (κ3) is 2.13. The van der Waals surface area contributed by atoms with E-state index < -0.39 is 0 Å². The number of likely N-dealkylation sites (tertiary alicyclic amines) is 1. The fourth-order valence-electron chi connectivity index (χ4n) is 2.74. The number of nitrogen functional groups attached to an aromatic ring is 1. The molecule has 1 unspecified atom stereocenters. The van der Waals surface area contributed by atoms with Crippen LogP contribution >= 0.6 is 0 Å². The lowest BCUT2D eigenvalue weighted by Gasteiger charge is -2.24. The largest absolute Gasteiger partial charge is 0.396 e. The molecule has 104 valence electrons. The van der Waals surface area contributed by atoms with Crippen LogP contribution < -0.4 is 5.73 Å². The molecule has 6 nitrogen and oxygen atoms in total. The van der Waals surface area contributed by atoms with Crippen LogP contribution in [0, 0.1) is 0 Å². The van der Waals surface area contributed by atoms with Crippen LogP contribution in [0.15, 0.2) is 30.7 Å². The first-order valence-electron chi connectivity index (χ1n) is 6.67. The van der Waals surface area contributed by atoms with Crippen molar-refractivity contribution < 1.29 is 4.79 Å². The third-order valence-corrected chi connectivity index (χ3v) is 3.64. The van der Waals surface area contributed by atoms with Crippen molar-refractivity contribution in [2.75, 3.05) is 12.3 Å². The molecule has 2 N–H and O–H groups in total. The van der Waals surface area contributed by atoms with Crippen molar-refractivity contribution in [1.29, 1.82) is 0 Å². The van der Waals surface area contributed by atoms with E-state index in [0.29, 0.717) is 11.4 Å². The highest BCUT2D eigenvalue weighted by Gasteiger charge is 2.32. The van der Waals surface area contributed by atoms with Gasteiger partial charge in [-0.25, -0.2) is 0 Å². The predicted octanol–water partition coefficient (Wildman–Crippen LogP) is 1.37. The summed E-state index contributed by atoms with van der Waals surface area (Å²) in [5.74, 6) is -0.102. The van der Waals surface area contributed by atoms with Crippen molar-refractivity contribution in [2.24, 2.45) is 7.05 Å². The van der Waals surface area contributed by atoms with E-state index in [9.17, 15) is 4.79 Å². The van der Waals surface area contributed by atoms with Crippen LogP contribution in [-0.4, -0.2) is 32.1 Å². The Hall–Kier alpha value is -2.37. The van der Waals surface area contributed by atoms with Crippen LogP contribution in [0.1, 0.15) is 34.9 Å². The summed E-state index contributed by atoms with van der Waals surface area (Å²) >= 11 is 0. The second kappa shape index (κ2) is 4.96. The van der Waals surface area contributed by atoms with E-state index in [4.69, 9.17) is 5.73 Å². The molecule has 20 heavy (non-hydrogen) atoms. The van der Waals surface area contributed by atoms with Gasteiger partial charge in [-0.1, -0.05) is 6.07 Å². The summed E-state index contributed by atoms with van der Waals surface area (Å²) in [6.45, 7) is 0.731. The van der Waals surface area contributed by atoms with Gasteiger partial charge in [-0.15, -0.1) is 0 Å². The molecular weight excluding hydrogens is 254 g/mol. The highest BCUT2D eigenvalue weighted by molar-refractivity contribution is 5.97. The van der Waals surface area contributed by atoms with Gasteiger partial charge in [0.15, 0.2) is 5.69 Å². The molecule has 6 heteroatoms. The molecule has 1 aliphatic rings. The SMILES string of the molecule is Cn1cc(N)c(C(=O)N2CCCC2c2cccnc2)n1. The fourth-order valence-corrected chi connectivity index (χ4v) is 2.74. The van der Waals surface area contributed by atoms with Crippen molar-refractivity contribution in [3.05, 3.63) is 42.0 Å². The monoisotopic (exact) mass is 271 g/mol. The Kier molecular flexibility index (Phi) is 3.14. The molecule has 0 aliphatic carbocycles. The standard InChI is InChI=1S/C14H17N5O/c1-18-9-11(15)13(17-18)14(20)19-7-3-5-12(19)10-4-2-6-16-8-10/h2,4,6,8-9,12H,3,5,7,15H2,1H3. The second-order valence-corrected chi connectivity index (χ2v) is 5.05. The van der Waals surface area contributed by atoms with E-state index in [2.05, 4.69) is 10.1 Å². The van der Waals surface area contributed by atoms with Gasteiger partial charge in [-0.05, 0) is 24.5 Å². The molecule has 1 saturated heterocycles. The highest BCUT2D eigenvalue weighted by Crippen LogP contribution is 2.33. The van der Waals surface area contributed by atoms with Gasteiger partial charge in [0.1, 0.15) is 0 Å². The molecule has 0 saturated carbocycles. The molecule has 1 aliphatic heterocycles. The molecule has 0 bridgehead atoms. The summed E-state index contributed by atoms with van der Waals surface area (Å²) in [6.07, 6.45) is 7.14. The summed E-state index contributed by atoms with van der Waals surface area (Å²) in [7, 11) is 1.76. The van der Waals surface area contributed by atoms with E-state index in [1.807, 2.05) is 23.2 Å². The molecule has 0 aromatic carbocycles. The quantitative estimate of drug-likeness (QED) is 0.895. The summed E-state index contributed by atoms with van der Waals surface area (Å²) in [6, 6.07) is 3.97. The predicted molar refractivity (Wildman–Crippen MR) is 74.9 cm³/mol. The molecule has 1 amide bonds. The second-order valence-electron chi connectivity index (χ2n) is 5.05. The van der Waals surface area contributed by atoms with Gasteiger partial charge in [-0.2, -0.15) is 5.10 Å². The molecule has 2 aromatic heterocycles. The van der Waals surface area contributed by atoms with Crippen molar-refractivity contribution >= 4 is 11.6 Å².